The lowest BCUT2D eigenvalue weighted by atomic mass is 9.94. The van der Waals surface area contributed by atoms with E-state index in [4.69, 9.17) is 15.0 Å². The lowest BCUT2D eigenvalue weighted by molar-refractivity contribution is 1.07. The van der Waals surface area contributed by atoms with Gasteiger partial charge in [0.2, 0.25) is 0 Å². The summed E-state index contributed by atoms with van der Waals surface area (Å²) in [6.07, 6.45) is 0. The van der Waals surface area contributed by atoms with Gasteiger partial charge in [-0.1, -0.05) is 109 Å². The molecule has 104 heavy (non-hydrogen) atoms. The fraction of sp³-hybridized carbons (Fsp3) is 0. The maximum Gasteiger partial charge on any atom is 0.164 e. The summed E-state index contributed by atoms with van der Waals surface area (Å²) in [5, 5.41) is 95.0. The number of nitriles is 9. The number of fused-ring (bicyclic) bond motifs is 6. The molecule has 0 fully saturated rings. The fourth-order valence-electron chi connectivity index (χ4n) is 13.9. The van der Waals surface area contributed by atoms with Gasteiger partial charge in [-0.3, -0.25) is 0 Å². The Morgan fingerprint density at radius 1 is 0.192 bits per heavy atom. The van der Waals surface area contributed by atoms with Crippen molar-refractivity contribution in [3.05, 3.63) is 317 Å². The maximum absolute atomic E-state index is 10.2. The molecule has 13 aromatic carbocycles. The van der Waals surface area contributed by atoms with Crippen molar-refractivity contribution in [2.75, 3.05) is 0 Å². The topological polar surface area (TPSA) is 263 Å². The largest absolute Gasteiger partial charge is 0.309 e. The molecule has 0 spiro atoms. The van der Waals surface area contributed by atoms with Gasteiger partial charge >= 0.3 is 0 Å². The van der Waals surface area contributed by atoms with Crippen LogP contribution in [0.1, 0.15) is 50.1 Å². The summed E-state index contributed by atoms with van der Waals surface area (Å²) < 4.78 is 4.44. The Labute approximate surface area is 595 Å². The number of aromatic nitrogens is 5. The van der Waals surface area contributed by atoms with Gasteiger partial charge in [0.25, 0.3) is 0 Å². The molecule has 3 aromatic heterocycles. The molecule has 0 aliphatic heterocycles. The zero-order chi connectivity index (χ0) is 71.1. The van der Waals surface area contributed by atoms with Crippen molar-refractivity contribution >= 4 is 43.6 Å². The van der Waals surface area contributed by atoms with Crippen LogP contribution in [0.3, 0.4) is 0 Å². The van der Waals surface area contributed by atoms with Gasteiger partial charge in [0.15, 0.2) is 17.5 Å². The van der Waals surface area contributed by atoms with Gasteiger partial charge in [-0.25, -0.2) is 15.0 Å². The van der Waals surface area contributed by atoms with Crippen LogP contribution in [0.25, 0.3) is 156 Å². The molecule has 16 aromatic rings. The van der Waals surface area contributed by atoms with Crippen LogP contribution < -0.4 is 0 Å². The van der Waals surface area contributed by atoms with Crippen molar-refractivity contribution in [3.63, 3.8) is 0 Å². The standard InChI is InChI=1S/C90H44N14/c91-45-54-11-13-63(14-12-54)70-15-21-76(87(44-70)104-85-24-18-68(74-35-59(50-96)29-60(36-74)51-97)41-80(85)81-42-69(19-25-86(81)104)75-37-61(52-98)30-62(38-75)53-99)77-43-71(90-101-88(64-7-3-1-4-8-64)100-89(102-90)65-9-5-2-6-10-65)20-26-82(77)103-83-22-16-66(72-31-55(46-92)27-56(32-72)47-93)39-78(83)79-40-67(17-23-84(79)103)73-33-57(48-94)28-58(34-73)49-95/h1-44H. The summed E-state index contributed by atoms with van der Waals surface area (Å²) in [7, 11) is 0. The van der Waals surface area contributed by atoms with Gasteiger partial charge in [-0.15, -0.1) is 0 Å². The van der Waals surface area contributed by atoms with Crippen molar-refractivity contribution in [1.82, 2.24) is 24.1 Å². The van der Waals surface area contributed by atoms with Crippen LogP contribution in [-0.4, -0.2) is 24.1 Å². The highest BCUT2D eigenvalue weighted by Gasteiger charge is 2.26. The molecule has 0 atom stereocenters. The quantitative estimate of drug-likeness (QED) is 0.117. The van der Waals surface area contributed by atoms with E-state index >= 15 is 0 Å². The van der Waals surface area contributed by atoms with Crippen LogP contribution in [0.4, 0.5) is 0 Å². The molecule has 0 aliphatic rings. The number of rotatable bonds is 11. The Morgan fingerprint density at radius 2 is 0.481 bits per heavy atom. The highest BCUT2D eigenvalue weighted by Crippen LogP contribution is 2.46. The SMILES string of the molecule is N#Cc1ccc(-c2ccc(-c3cc(-c4nc(-c5ccccc5)nc(-c5ccccc5)n4)ccc3-n3c4ccc(-c5cc(C#N)cc(C#N)c5)cc4c4cc(-c5cc(C#N)cc(C#N)c5)ccc43)c(-n3c4ccc(-c5cc(C#N)cc(C#N)c5)cc4c4cc(-c5cc(C#N)cc(C#N)c5)ccc43)c2)cc1. The van der Waals surface area contributed by atoms with E-state index in [1.165, 1.54) is 0 Å². The Kier molecular flexibility index (Phi) is 15.7. The first-order valence-corrected chi connectivity index (χ1v) is 32.7. The lowest BCUT2D eigenvalue weighted by Gasteiger charge is -2.21. The third-order valence-electron chi connectivity index (χ3n) is 18.7. The van der Waals surface area contributed by atoms with Crippen molar-refractivity contribution in [2.45, 2.75) is 0 Å². The molecular weight excluding hydrogens is 1280 g/mol. The summed E-state index contributed by atoms with van der Waals surface area (Å²) in [4.78, 5) is 15.6. The highest BCUT2D eigenvalue weighted by atomic mass is 15.0. The normalized spacial score (nSPS) is 10.8. The first-order chi connectivity index (χ1) is 51.0. The second kappa shape index (κ2) is 26.0. The van der Waals surface area contributed by atoms with Crippen LogP contribution in [-0.2, 0) is 0 Å². The summed E-state index contributed by atoms with van der Waals surface area (Å²) >= 11 is 0. The number of nitrogens with zero attached hydrogens (tertiary/aromatic N) is 14. The number of benzene rings is 13. The van der Waals surface area contributed by atoms with Crippen LogP contribution >= 0.6 is 0 Å². The molecular formula is C90H44N14. The van der Waals surface area contributed by atoms with E-state index in [0.717, 1.165) is 111 Å². The Bertz CT molecular complexity index is 6320. The first-order valence-electron chi connectivity index (χ1n) is 32.7. The Hall–Kier alpha value is -16.1. The fourth-order valence-corrected chi connectivity index (χ4v) is 13.9. The van der Waals surface area contributed by atoms with Crippen LogP contribution in [0, 0.1) is 102 Å². The first kappa shape index (κ1) is 62.7. The average molecular weight is 1320 g/mol. The molecule has 14 heteroatoms. The molecule has 0 unspecified atom stereocenters. The summed E-state index contributed by atoms with van der Waals surface area (Å²) in [5.74, 6) is 1.31. The van der Waals surface area contributed by atoms with E-state index in [9.17, 15) is 47.4 Å². The predicted molar refractivity (Wildman–Crippen MR) is 400 cm³/mol. The number of hydrogen-bond acceptors (Lipinski definition) is 12. The second-order valence-electron chi connectivity index (χ2n) is 24.9. The van der Waals surface area contributed by atoms with Gasteiger partial charge in [0, 0.05) is 49.4 Å². The minimum Gasteiger partial charge on any atom is -0.309 e. The molecule has 0 bridgehead atoms. The average Bonchev–Trinajstić information content (AvgIpc) is 1.56. The Morgan fingerprint density at radius 3 is 0.817 bits per heavy atom. The molecule has 0 N–H and O–H groups in total. The molecule has 0 saturated heterocycles. The monoisotopic (exact) mass is 1320 g/mol. The third kappa shape index (κ3) is 11.3. The molecule has 14 nitrogen and oxygen atoms in total. The van der Waals surface area contributed by atoms with E-state index < -0.39 is 0 Å². The van der Waals surface area contributed by atoms with E-state index in [-0.39, 0.29) is 0 Å². The van der Waals surface area contributed by atoms with Crippen LogP contribution in [0.5, 0.6) is 0 Å². The maximum atomic E-state index is 10.2. The summed E-state index contributed by atoms with van der Waals surface area (Å²) in [6.45, 7) is 0. The molecule has 0 amide bonds. The van der Waals surface area contributed by atoms with Crippen molar-refractivity contribution < 1.29 is 0 Å². The van der Waals surface area contributed by atoms with Crippen molar-refractivity contribution in [3.8, 4) is 167 Å². The van der Waals surface area contributed by atoms with E-state index in [1.54, 1.807) is 84.9 Å². The molecule has 0 aliphatic carbocycles. The zero-order valence-corrected chi connectivity index (χ0v) is 54.7. The second-order valence-corrected chi connectivity index (χ2v) is 24.9. The minimum absolute atomic E-state index is 0.324. The lowest BCUT2D eigenvalue weighted by Crippen LogP contribution is -2.04. The van der Waals surface area contributed by atoms with Gasteiger partial charge in [0.1, 0.15) is 0 Å². The summed E-state index contributed by atoms with van der Waals surface area (Å²) in [6, 6.07) is 104. The van der Waals surface area contributed by atoms with Crippen molar-refractivity contribution in [2.24, 2.45) is 0 Å². The molecule has 3 heterocycles. The van der Waals surface area contributed by atoms with Crippen LogP contribution in [0.2, 0.25) is 0 Å². The van der Waals surface area contributed by atoms with E-state index in [2.05, 4.69) is 118 Å². The third-order valence-corrected chi connectivity index (χ3v) is 18.7. The molecule has 16 rings (SSSR count). The summed E-state index contributed by atoms with van der Waals surface area (Å²) in [5.41, 5.74) is 18.6. The van der Waals surface area contributed by atoms with Gasteiger partial charge in [-0.05, 0) is 213 Å². The van der Waals surface area contributed by atoms with Gasteiger partial charge in [-0.2, -0.15) is 47.4 Å². The molecule has 474 valence electrons. The minimum atomic E-state index is 0.324. The van der Waals surface area contributed by atoms with Gasteiger partial charge in [0.05, 0.1) is 138 Å². The molecule has 0 saturated carbocycles. The van der Waals surface area contributed by atoms with Gasteiger partial charge < -0.3 is 9.13 Å². The predicted octanol–water partition coefficient (Wildman–Crippen LogP) is 19.9. The number of hydrogen-bond donors (Lipinski definition) is 0. The highest BCUT2D eigenvalue weighted by molar-refractivity contribution is 6.14. The smallest absolute Gasteiger partial charge is 0.164 e. The zero-order valence-electron chi connectivity index (χ0n) is 54.7. The van der Waals surface area contributed by atoms with E-state index in [1.807, 2.05) is 127 Å². The molecule has 0 radical (unpaired) electrons. The van der Waals surface area contributed by atoms with Crippen LogP contribution in [0.15, 0.2) is 267 Å². The van der Waals surface area contributed by atoms with E-state index in [0.29, 0.717) is 95.4 Å². The Balaban J connectivity index is 1.03. The van der Waals surface area contributed by atoms with Crippen molar-refractivity contribution in [1.29, 1.82) is 47.4 Å².